The minimum absolute atomic E-state index is 0.0105. The Morgan fingerprint density at radius 2 is 1.76 bits per heavy atom. The summed E-state index contributed by atoms with van der Waals surface area (Å²) in [5.41, 5.74) is 8.62. The van der Waals surface area contributed by atoms with E-state index in [1.165, 1.54) is 12.1 Å². The lowest BCUT2D eigenvalue weighted by atomic mass is 9.91. The molecule has 0 aliphatic carbocycles. The van der Waals surface area contributed by atoms with Crippen molar-refractivity contribution in [2.75, 3.05) is 49.2 Å². The second-order valence-electron chi connectivity index (χ2n) is 11.1. The summed E-state index contributed by atoms with van der Waals surface area (Å²) in [6.45, 7) is 5.25. The van der Waals surface area contributed by atoms with Crippen molar-refractivity contribution in [1.82, 2.24) is 19.9 Å². The number of pyridine rings is 1. The molecule has 0 radical (unpaired) electrons. The molecular weight excluding hydrogens is 583 g/mol. The number of nitrogen functional groups attached to an aromatic ring is 1. The summed E-state index contributed by atoms with van der Waals surface area (Å²) < 4.78 is 39.6. The number of aryl methyl sites for hydroxylation is 1. The summed E-state index contributed by atoms with van der Waals surface area (Å²) >= 11 is 0. The Morgan fingerprint density at radius 1 is 0.978 bits per heavy atom. The zero-order chi connectivity index (χ0) is 31.9. The van der Waals surface area contributed by atoms with E-state index < -0.39 is 17.6 Å². The van der Waals surface area contributed by atoms with Crippen LogP contribution in [0.5, 0.6) is 5.75 Å². The van der Waals surface area contributed by atoms with Gasteiger partial charge in [0.25, 0.3) is 5.91 Å². The average Bonchev–Trinajstić information content (AvgIpc) is 3.01. The van der Waals surface area contributed by atoms with Gasteiger partial charge in [0.15, 0.2) is 0 Å². The molecule has 1 saturated heterocycles. The first-order chi connectivity index (χ1) is 21.5. The Bertz CT molecular complexity index is 1920. The van der Waals surface area contributed by atoms with E-state index in [2.05, 4.69) is 37.1 Å². The van der Waals surface area contributed by atoms with Crippen LogP contribution >= 0.6 is 0 Å². The number of hydrogen-bond donors (Lipinski definition) is 3. The molecule has 0 unspecified atom stereocenters. The number of halogens is 3. The van der Waals surface area contributed by atoms with E-state index in [4.69, 9.17) is 5.73 Å². The van der Waals surface area contributed by atoms with E-state index in [9.17, 15) is 23.1 Å². The van der Waals surface area contributed by atoms with Gasteiger partial charge in [-0.1, -0.05) is 12.1 Å². The number of nitrogens with two attached hydrogens (primary N) is 1. The maximum absolute atomic E-state index is 13.2. The molecule has 1 aliphatic heterocycles. The number of alkyl halides is 3. The molecular formula is C33H30F3N7O2. The number of hydrogen-bond acceptors (Lipinski definition) is 8. The highest BCUT2D eigenvalue weighted by Crippen LogP contribution is 2.44. The van der Waals surface area contributed by atoms with Gasteiger partial charge in [0.1, 0.15) is 11.6 Å². The highest BCUT2D eigenvalue weighted by atomic mass is 19.4. The van der Waals surface area contributed by atoms with Gasteiger partial charge in [0.2, 0.25) is 5.95 Å². The maximum atomic E-state index is 13.2. The minimum Gasteiger partial charge on any atom is -0.507 e. The largest absolute Gasteiger partial charge is 0.507 e. The van der Waals surface area contributed by atoms with Crippen molar-refractivity contribution in [3.05, 3.63) is 89.7 Å². The first kappa shape index (κ1) is 29.8. The molecule has 3 aromatic carbocycles. The molecule has 0 bridgehead atoms. The summed E-state index contributed by atoms with van der Waals surface area (Å²) in [7, 11) is 2.08. The summed E-state index contributed by atoms with van der Waals surface area (Å²) in [6.07, 6.45) is -1.28. The number of nitrogens with one attached hydrogen (secondary N) is 1. The van der Waals surface area contributed by atoms with Crippen LogP contribution in [0.15, 0.2) is 73.1 Å². The summed E-state index contributed by atoms with van der Waals surface area (Å²) in [4.78, 5) is 30.8. The van der Waals surface area contributed by atoms with Gasteiger partial charge in [-0.2, -0.15) is 13.2 Å². The third-order valence-corrected chi connectivity index (χ3v) is 7.96. The molecule has 12 heteroatoms. The Labute approximate surface area is 257 Å². The van der Waals surface area contributed by atoms with Crippen molar-refractivity contribution in [3.63, 3.8) is 0 Å². The van der Waals surface area contributed by atoms with Gasteiger partial charge in [-0.3, -0.25) is 4.79 Å². The topological polar surface area (TPSA) is 120 Å². The van der Waals surface area contributed by atoms with Crippen LogP contribution in [0, 0.1) is 6.92 Å². The summed E-state index contributed by atoms with van der Waals surface area (Å²) in [6, 6.07) is 14.8. The van der Waals surface area contributed by atoms with Crippen molar-refractivity contribution in [1.29, 1.82) is 0 Å². The number of piperazine rings is 1. The van der Waals surface area contributed by atoms with E-state index in [1.807, 2.05) is 13.0 Å². The maximum Gasteiger partial charge on any atom is 0.416 e. The highest BCUT2D eigenvalue weighted by Gasteiger charge is 2.30. The van der Waals surface area contributed by atoms with E-state index in [0.717, 1.165) is 49.7 Å². The van der Waals surface area contributed by atoms with Crippen LogP contribution in [0.2, 0.25) is 0 Å². The molecule has 6 rings (SSSR count). The molecule has 0 spiro atoms. The zero-order valence-corrected chi connectivity index (χ0v) is 24.6. The van der Waals surface area contributed by atoms with Crippen molar-refractivity contribution in [3.8, 4) is 28.0 Å². The van der Waals surface area contributed by atoms with Crippen LogP contribution in [0.4, 0.5) is 30.6 Å². The van der Waals surface area contributed by atoms with Crippen LogP contribution in [0.1, 0.15) is 21.5 Å². The van der Waals surface area contributed by atoms with Crippen LogP contribution in [0.25, 0.3) is 33.2 Å². The molecule has 3 heterocycles. The fourth-order valence-corrected chi connectivity index (χ4v) is 5.47. The lowest BCUT2D eigenvalue weighted by Crippen LogP contribution is -2.44. The Balaban J connectivity index is 1.43. The number of nitrogens with zero attached hydrogens (tertiary/aromatic N) is 5. The van der Waals surface area contributed by atoms with Gasteiger partial charge < -0.3 is 26.0 Å². The third kappa shape index (κ3) is 6.09. The number of fused-ring (bicyclic) bond motifs is 1. The van der Waals surface area contributed by atoms with Gasteiger partial charge in [0, 0.05) is 60.8 Å². The summed E-state index contributed by atoms with van der Waals surface area (Å²) in [5, 5.41) is 15.0. The van der Waals surface area contributed by atoms with Crippen molar-refractivity contribution in [2.24, 2.45) is 0 Å². The summed E-state index contributed by atoms with van der Waals surface area (Å²) in [5.74, 6) is 0.145. The van der Waals surface area contributed by atoms with E-state index in [1.54, 1.807) is 42.7 Å². The monoisotopic (exact) mass is 613 g/mol. The second-order valence-corrected chi connectivity index (χ2v) is 11.1. The van der Waals surface area contributed by atoms with Crippen LogP contribution in [-0.2, 0) is 6.18 Å². The number of anilines is 3. The van der Waals surface area contributed by atoms with E-state index in [0.29, 0.717) is 33.2 Å². The fraction of sp³-hybridized carbons (Fsp3) is 0.212. The normalized spacial score (nSPS) is 14.1. The van der Waals surface area contributed by atoms with Gasteiger partial charge in [-0.15, -0.1) is 0 Å². The number of carbonyl (C=O) groups is 1. The minimum atomic E-state index is -4.54. The number of likely N-dealkylation sites (N-methyl/N-ethyl adjacent to an activating group) is 1. The second kappa shape index (κ2) is 11.7. The number of aromatic hydroxyl groups is 1. The smallest absolute Gasteiger partial charge is 0.416 e. The number of carbonyl (C=O) groups excluding carboxylic acids is 1. The van der Waals surface area contributed by atoms with Crippen molar-refractivity contribution < 1.29 is 23.1 Å². The molecule has 5 aromatic rings. The Kier molecular flexibility index (Phi) is 7.75. The van der Waals surface area contributed by atoms with Crippen LogP contribution in [-0.4, -0.2) is 64.1 Å². The number of amides is 1. The fourth-order valence-electron chi connectivity index (χ4n) is 5.47. The average molecular weight is 614 g/mol. The number of aromatic nitrogens is 3. The lowest BCUT2D eigenvalue weighted by Gasteiger charge is -2.33. The zero-order valence-electron chi connectivity index (χ0n) is 24.6. The van der Waals surface area contributed by atoms with Crippen LogP contribution < -0.4 is 16.0 Å². The number of benzene rings is 3. The molecule has 2 aromatic heterocycles. The van der Waals surface area contributed by atoms with Crippen LogP contribution in [0.3, 0.4) is 0 Å². The molecule has 1 aliphatic rings. The SMILES string of the molecule is Cc1ccc(C(=O)Nc2cccc(C(F)(F)F)c2)cc1-c1cc2cnc(N)nc2c(-c2ccnc(N3CCN(C)CC3)c2)c1O. The van der Waals surface area contributed by atoms with Crippen molar-refractivity contribution >= 4 is 34.3 Å². The molecule has 9 nitrogen and oxygen atoms in total. The Morgan fingerprint density at radius 3 is 2.51 bits per heavy atom. The molecule has 1 fully saturated rings. The molecule has 4 N–H and O–H groups in total. The predicted octanol–water partition coefficient (Wildman–Crippen LogP) is 5.98. The van der Waals surface area contributed by atoms with E-state index in [-0.39, 0.29) is 22.9 Å². The van der Waals surface area contributed by atoms with Crippen molar-refractivity contribution in [2.45, 2.75) is 13.1 Å². The molecule has 0 atom stereocenters. The highest BCUT2D eigenvalue weighted by molar-refractivity contribution is 6.06. The molecule has 230 valence electrons. The lowest BCUT2D eigenvalue weighted by molar-refractivity contribution is -0.137. The Hall–Kier alpha value is -5.23. The van der Waals surface area contributed by atoms with E-state index >= 15 is 0 Å². The first-order valence-corrected chi connectivity index (χ1v) is 14.3. The standard InChI is InChI=1S/C33H30F3N7O2/c1-19-6-7-21(31(45)40-24-5-3-4-23(17-24)33(34,35)36)14-25(19)26-15-22-18-39-32(37)41-29(22)28(30(26)44)20-8-9-38-27(16-20)43-12-10-42(2)11-13-43/h3-9,14-18,44H,10-13H2,1-2H3,(H,40,45)(H2,37,39,41). The van der Waals surface area contributed by atoms with Gasteiger partial charge >= 0.3 is 6.18 Å². The number of rotatable bonds is 5. The van der Waals surface area contributed by atoms with Gasteiger partial charge in [0.05, 0.1) is 16.6 Å². The number of phenolic OH excluding ortho intramolecular Hbond substituents is 1. The predicted molar refractivity (Wildman–Crippen MR) is 168 cm³/mol. The first-order valence-electron chi connectivity index (χ1n) is 14.3. The van der Waals surface area contributed by atoms with Gasteiger partial charge in [-0.05, 0) is 79.2 Å². The third-order valence-electron chi connectivity index (χ3n) is 7.96. The molecule has 1 amide bonds. The molecule has 0 saturated carbocycles. The number of phenols is 1. The van der Waals surface area contributed by atoms with Gasteiger partial charge in [-0.25, -0.2) is 15.0 Å². The molecule has 45 heavy (non-hydrogen) atoms. The quantitative estimate of drug-likeness (QED) is 0.222.